The number of hydrogen-bond donors (Lipinski definition) is 2. The number of halogens is 3. The van der Waals surface area contributed by atoms with Gasteiger partial charge >= 0.3 is 6.18 Å². The molecule has 0 rings (SSSR count). The minimum Gasteiger partial charge on any atom is -0.396 e. The maximum absolute atomic E-state index is 11.9. The Bertz CT molecular complexity index is 276. The summed E-state index contributed by atoms with van der Waals surface area (Å²) in [4.78, 5) is 0. The van der Waals surface area contributed by atoms with Crippen molar-refractivity contribution in [2.75, 3.05) is 12.4 Å². The van der Waals surface area contributed by atoms with Crippen molar-refractivity contribution >= 4 is 10.0 Å². The van der Waals surface area contributed by atoms with Crippen molar-refractivity contribution in [3.63, 3.8) is 0 Å². The largest absolute Gasteiger partial charge is 0.396 e. The molecule has 2 N–H and O–H groups in total. The summed E-state index contributed by atoms with van der Waals surface area (Å²) >= 11 is 0. The lowest BCUT2D eigenvalue weighted by atomic mass is 10.2. The van der Waals surface area contributed by atoms with Gasteiger partial charge in [0, 0.05) is 12.6 Å². The van der Waals surface area contributed by atoms with Gasteiger partial charge in [0.15, 0.2) is 0 Å². The SMILES string of the molecule is CC(CC(F)(F)F)NS(=O)(=O)CCCO. The van der Waals surface area contributed by atoms with Gasteiger partial charge in [-0.2, -0.15) is 13.2 Å². The lowest BCUT2D eigenvalue weighted by molar-refractivity contribution is -0.137. The molecule has 0 aliphatic carbocycles. The van der Waals surface area contributed by atoms with Crippen molar-refractivity contribution in [3.05, 3.63) is 0 Å². The Hall–Kier alpha value is -0.340. The van der Waals surface area contributed by atoms with Crippen LogP contribution in [-0.2, 0) is 10.0 Å². The number of rotatable bonds is 6. The molecule has 8 heteroatoms. The van der Waals surface area contributed by atoms with Crippen LogP contribution in [0.15, 0.2) is 0 Å². The zero-order valence-electron chi connectivity index (χ0n) is 8.21. The average Bonchev–Trinajstić information content (AvgIpc) is 1.95. The van der Waals surface area contributed by atoms with Gasteiger partial charge in [0.25, 0.3) is 0 Å². The van der Waals surface area contributed by atoms with E-state index in [-0.39, 0.29) is 18.8 Å². The van der Waals surface area contributed by atoms with Gasteiger partial charge in [0.2, 0.25) is 10.0 Å². The molecule has 0 fully saturated rings. The van der Waals surface area contributed by atoms with Crippen LogP contribution in [-0.4, -0.2) is 38.1 Å². The van der Waals surface area contributed by atoms with Gasteiger partial charge < -0.3 is 5.11 Å². The van der Waals surface area contributed by atoms with E-state index in [9.17, 15) is 21.6 Å². The third-order valence-corrected chi connectivity index (χ3v) is 3.08. The van der Waals surface area contributed by atoms with Crippen LogP contribution in [0, 0.1) is 0 Å². The Morgan fingerprint density at radius 1 is 1.40 bits per heavy atom. The summed E-state index contributed by atoms with van der Waals surface area (Å²) in [6.07, 6.45) is -5.58. The first kappa shape index (κ1) is 14.7. The fraction of sp³-hybridized carbons (Fsp3) is 1.00. The highest BCUT2D eigenvalue weighted by atomic mass is 32.2. The van der Waals surface area contributed by atoms with Crippen molar-refractivity contribution in [1.82, 2.24) is 4.72 Å². The molecule has 0 aliphatic heterocycles. The van der Waals surface area contributed by atoms with Gasteiger partial charge in [0.05, 0.1) is 12.2 Å². The molecular formula is C7H14F3NO3S. The molecular weight excluding hydrogens is 235 g/mol. The third-order valence-electron chi connectivity index (χ3n) is 1.49. The number of sulfonamides is 1. The van der Waals surface area contributed by atoms with Crippen molar-refractivity contribution in [2.45, 2.75) is 32.0 Å². The van der Waals surface area contributed by atoms with Gasteiger partial charge in [0.1, 0.15) is 0 Å². The molecule has 0 aromatic carbocycles. The maximum Gasteiger partial charge on any atom is 0.390 e. The molecule has 0 heterocycles. The molecule has 0 radical (unpaired) electrons. The van der Waals surface area contributed by atoms with Crippen molar-refractivity contribution in [2.24, 2.45) is 0 Å². The topological polar surface area (TPSA) is 66.4 Å². The Balaban J connectivity index is 4.11. The van der Waals surface area contributed by atoms with Gasteiger partial charge in [-0.15, -0.1) is 0 Å². The summed E-state index contributed by atoms with van der Waals surface area (Å²) in [5.41, 5.74) is 0. The predicted molar refractivity (Wildman–Crippen MR) is 48.8 cm³/mol. The molecule has 0 saturated carbocycles. The van der Waals surface area contributed by atoms with E-state index in [1.807, 2.05) is 4.72 Å². The number of hydrogen-bond acceptors (Lipinski definition) is 3. The van der Waals surface area contributed by atoms with Gasteiger partial charge in [-0.25, -0.2) is 13.1 Å². The van der Waals surface area contributed by atoms with Crippen LogP contribution in [0.2, 0.25) is 0 Å². The highest BCUT2D eigenvalue weighted by molar-refractivity contribution is 7.89. The Morgan fingerprint density at radius 3 is 2.33 bits per heavy atom. The molecule has 0 bridgehead atoms. The molecule has 15 heavy (non-hydrogen) atoms. The molecule has 0 aromatic rings. The summed E-state index contributed by atoms with van der Waals surface area (Å²) in [5, 5.41) is 8.38. The van der Waals surface area contributed by atoms with Crippen LogP contribution in [0.4, 0.5) is 13.2 Å². The molecule has 92 valence electrons. The van der Waals surface area contributed by atoms with E-state index in [1.165, 1.54) is 0 Å². The highest BCUT2D eigenvalue weighted by Gasteiger charge is 2.31. The minimum absolute atomic E-state index is 0.00801. The smallest absolute Gasteiger partial charge is 0.390 e. The normalized spacial score (nSPS) is 15.3. The maximum atomic E-state index is 11.9. The third kappa shape index (κ3) is 8.64. The van der Waals surface area contributed by atoms with Crippen LogP contribution in [0.3, 0.4) is 0 Å². The van der Waals surface area contributed by atoms with Crippen LogP contribution >= 0.6 is 0 Å². The van der Waals surface area contributed by atoms with E-state index in [4.69, 9.17) is 5.11 Å². The van der Waals surface area contributed by atoms with Crippen LogP contribution in [0.5, 0.6) is 0 Å². The first-order valence-corrected chi connectivity index (χ1v) is 5.99. The van der Waals surface area contributed by atoms with E-state index in [1.54, 1.807) is 0 Å². The van der Waals surface area contributed by atoms with E-state index < -0.39 is 28.7 Å². The second kappa shape index (κ2) is 5.66. The first-order chi connectivity index (χ1) is 6.66. The Morgan fingerprint density at radius 2 is 1.93 bits per heavy atom. The van der Waals surface area contributed by atoms with Crippen molar-refractivity contribution in [1.29, 1.82) is 0 Å². The number of aliphatic hydroxyl groups excluding tert-OH is 1. The number of alkyl halides is 3. The van der Waals surface area contributed by atoms with Crippen LogP contribution in [0.25, 0.3) is 0 Å². The van der Waals surface area contributed by atoms with Gasteiger partial charge in [-0.1, -0.05) is 0 Å². The Labute approximate surface area is 86.5 Å². The molecule has 1 unspecified atom stereocenters. The van der Waals surface area contributed by atoms with Gasteiger partial charge in [-0.3, -0.25) is 0 Å². The van der Waals surface area contributed by atoms with E-state index >= 15 is 0 Å². The summed E-state index contributed by atoms with van der Waals surface area (Å²) in [5.74, 6) is -0.369. The van der Waals surface area contributed by atoms with Crippen LogP contribution in [0.1, 0.15) is 19.8 Å². The molecule has 0 spiro atoms. The summed E-state index contributed by atoms with van der Waals surface area (Å²) < 4.78 is 59.7. The predicted octanol–water partition coefficient (Wildman–Crippen LogP) is 0.629. The molecule has 0 amide bonds. The van der Waals surface area contributed by atoms with Crippen molar-refractivity contribution < 1.29 is 26.7 Å². The molecule has 0 saturated heterocycles. The molecule has 1 atom stereocenters. The van der Waals surface area contributed by atoms with Crippen LogP contribution < -0.4 is 4.72 Å². The second-order valence-corrected chi connectivity index (χ2v) is 5.11. The first-order valence-electron chi connectivity index (χ1n) is 4.34. The summed E-state index contributed by atoms with van der Waals surface area (Å²) in [7, 11) is -3.73. The zero-order chi connectivity index (χ0) is 12.1. The fourth-order valence-corrected chi connectivity index (χ4v) is 2.33. The Kier molecular flexibility index (Phi) is 5.54. The number of nitrogens with one attached hydrogen (secondary N) is 1. The number of aliphatic hydroxyl groups is 1. The lowest BCUT2D eigenvalue weighted by Gasteiger charge is -2.15. The monoisotopic (exact) mass is 249 g/mol. The van der Waals surface area contributed by atoms with Gasteiger partial charge in [-0.05, 0) is 13.3 Å². The fourth-order valence-electron chi connectivity index (χ4n) is 1.01. The second-order valence-electron chi connectivity index (χ2n) is 3.23. The molecule has 4 nitrogen and oxygen atoms in total. The standard InChI is InChI=1S/C7H14F3NO3S/c1-6(5-7(8,9)10)11-15(13,14)4-2-3-12/h6,11-12H,2-5H2,1H3. The van der Waals surface area contributed by atoms with E-state index in [0.717, 1.165) is 6.92 Å². The lowest BCUT2D eigenvalue weighted by Crippen LogP contribution is -2.37. The summed E-state index contributed by atoms with van der Waals surface area (Å²) in [6, 6.07) is -1.19. The van der Waals surface area contributed by atoms with Crippen molar-refractivity contribution in [3.8, 4) is 0 Å². The van der Waals surface area contributed by atoms with E-state index in [2.05, 4.69) is 0 Å². The summed E-state index contributed by atoms with van der Waals surface area (Å²) in [6.45, 7) is 0.832. The minimum atomic E-state index is -4.39. The van der Waals surface area contributed by atoms with E-state index in [0.29, 0.717) is 0 Å². The molecule has 0 aromatic heterocycles. The zero-order valence-corrected chi connectivity index (χ0v) is 9.03. The highest BCUT2D eigenvalue weighted by Crippen LogP contribution is 2.21. The average molecular weight is 249 g/mol. The molecule has 0 aliphatic rings. The quantitative estimate of drug-likeness (QED) is 0.725.